The predicted molar refractivity (Wildman–Crippen MR) is 57.6 cm³/mol. The van der Waals surface area contributed by atoms with Gasteiger partial charge in [-0.1, -0.05) is 0 Å². The molecule has 0 aliphatic carbocycles. The number of carbonyl (C=O) groups excluding carboxylic acids is 1. The first-order valence-electron chi connectivity index (χ1n) is 4.67. The van der Waals surface area contributed by atoms with Gasteiger partial charge in [0.2, 0.25) is 0 Å². The molecule has 1 heterocycles. The summed E-state index contributed by atoms with van der Waals surface area (Å²) in [6.45, 7) is 0. The zero-order chi connectivity index (χ0) is 12.3. The van der Waals surface area contributed by atoms with Crippen molar-refractivity contribution in [1.82, 2.24) is 10.2 Å². The van der Waals surface area contributed by atoms with Crippen LogP contribution in [0.4, 0.5) is 25.1 Å². The molecule has 3 N–H and O–H groups in total. The number of urea groups is 1. The van der Waals surface area contributed by atoms with Gasteiger partial charge < -0.3 is 5.32 Å². The first kappa shape index (κ1) is 11.1. The number of nitrogens with zero attached hydrogens (tertiary/aromatic N) is 1. The van der Waals surface area contributed by atoms with Crippen molar-refractivity contribution in [1.29, 1.82) is 0 Å². The van der Waals surface area contributed by atoms with Gasteiger partial charge in [-0.3, -0.25) is 10.4 Å². The standard InChI is InChI=1S/C10H8F2N4O/c11-6-1-2-8(7(12)5-6)14-10(17)15-9-3-4-13-16-9/h1-5H,(H3,13,14,15,16,17). The molecule has 0 radical (unpaired) electrons. The number of nitrogens with one attached hydrogen (secondary N) is 3. The summed E-state index contributed by atoms with van der Waals surface area (Å²) in [5, 5.41) is 10.7. The van der Waals surface area contributed by atoms with E-state index in [1.165, 1.54) is 12.3 Å². The molecule has 7 heteroatoms. The summed E-state index contributed by atoms with van der Waals surface area (Å²) in [6, 6.07) is 3.75. The number of carbonyl (C=O) groups is 1. The van der Waals surface area contributed by atoms with Gasteiger partial charge in [0.05, 0.1) is 11.9 Å². The Morgan fingerprint density at radius 2 is 2.06 bits per heavy atom. The highest BCUT2D eigenvalue weighted by atomic mass is 19.1. The Balaban J connectivity index is 2.03. The molecule has 17 heavy (non-hydrogen) atoms. The third kappa shape index (κ3) is 2.77. The molecule has 1 aromatic heterocycles. The Morgan fingerprint density at radius 1 is 1.24 bits per heavy atom. The highest BCUT2D eigenvalue weighted by Crippen LogP contribution is 2.15. The Kier molecular flexibility index (Phi) is 2.99. The normalized spacial score (nSPS) is 10.0. The number of hydrogen-bond donors (Lipinski definition) is 3. The molecule has 0 aliphatic heterocycles. The molecule has 0 unspecified atom stereocenters. The third-order valence-electron chi connectivity index (χ3n) is 1.93. The van der Waals surface area contributed by atoms with Crippen LogP contribution in [0.3, 0.4) is 0 Å². The second-order valence-corrected chi connectivity index (χ2v) is 3.17. The maximum atomic E-state index is 13.2. The number of benzene rings is 1. The van der Waals surface area contributed by atoms with Gasteiger partial charge in [-0.15, -0.1) is 0 Å². The Bertz CT molecular complexity index is 527. The van der Waals surface area contributed by atoms with E-state index in [2.05, 4.69) is 20.8 Å². The van der Waals surface area contributed by atoms with E-state index in [1.54, 1.807) is 0 Å². The quantitative estimate of drug-likeness (QED) is 0.751. The minimum Gasteiger partial charge on any atom is -0.305 e. The zero-order valence-corrected chi connectivity index (χ0v) is 8.50. The van der Waals surface area contributed by atoms with E-state index in [0.717, 1.165) is 12.1 Å². The van der Waals surface area contributed by atoms with Gasteiger partial charge in [-0.05, 0) is 12.1 Å². The summed E-state index contributed by atoms with van der Waals surface area (Å²) in [5.74, 6) is -1.18. The fraction of sp³-hybridized carbons (Fsp3) is 0. The van der Waals surface area contributed by atoms with E-state index in [-0.39, 0.29) is 5.69 Å². The van der Waals surface area contributed by atoms with Crippen LogP contribution in [0.2, 0.25) is 0 Å². The number of amides is 2. The minimum atomic E-state index is -0.843. The van der Waals surface area contributed by atoms with Crippen LogP contribution in [0.15, 0.2) is 30.5 Å². The number of H-pyrrole nitrogens is 1. The number of aromatic nitrogens is 2. The summed E-state index contributed by atoms with van der Waals surface area (Å²) in [4.78, 5) is 11.4. The summed E-state index contributed by atoms with van der Waals surface area (Å²) >= 11 is 0. The fourth-order valence-corrected chi connectivity index (χ4v) is 1.19. The molecule has 0 fully saturated rings. The van der Waals surface area contributed by atoms with Crippen molar-refractivity contribution >= 4 is 17.5 Å². The van der Waals surface area contributed by atoms with Crippen molar-refractivity contribution in [3.63, 3.8) is 0 Å². The van der Waals surface area contributed by atoms with Gasteiger partial charge >= 0.3 is 6.03 Å². The van der Waals surface area contributed by atoms with Crippen LogP contribution in [-0.4, -0.2) is 16.2 Å². The molecule has 0 saturated carbocycles. The average molecular weight is 238 g/mol. The molecule has 1 aromatic carbocycles. The maximum absolute atomic E-state index is 13.2. The Hall–Kier alpha value is -2.44. The molecule has 0 atom stereocenters. The molecule has 0 bridgehead atoms. The van der Waals surface area contributed by atoms with E-state index >= 15 is 0 Å². The van der Waals surface area contributed by atoms with Gasteiger partial charge in [-0.2, -0.15) is 5.10 Å². The molecule has 2 aromatic rings. The SMILES string of the molecule is O=C(Nc1ccn[nH]1)Nc1ccc(F)cc1F. The molecule has 2 amide bonds. The van der Waals surface area contributed by atoms with E-state index < -0.39 is 17.7 Å². The van der Waals surface area contributed by atoms with Crippen LogP contribution in [0.5, 0.6) is 0 Å². The lowest BCUT2D eigenvalue weighted by molar-refractivity contribution is 0.262. The molecule has 0 aliphatic rings. The number of hydrogen-bond acceptors (Lipinski definition) is 2. The minimum absolute atomic E-state index is 0.108. The van der Waals surface area contributed by atoms with Crippen molar-refractivity contribution in [2.24, 2.45) is 0 Å². The molecule has 0 spiro atoms. The second-order valence-electron chi connectivity index (χ2n) is 3.17. The van der Waals surface area contributed by atoms with Gasteiger partial charge in [0.25, 0.3) is 0 Å². The van der Waals surface area contributed by atoms with E-state index in [1.807, 2.05) is 0 Å². The smallest absolute Gasteiger partial charge is 0.305 e. The van der Waals surface area contributed by atoms with Crippen LogP contribution in [0.25, 0.3) is 0 Å². The number of anilines is 2. The summed E-state index contributed by atoms with van der Waals surface area (Å²) in [5.41, 5.74) is -0.108. The fourth-order valence-electron chi connectivity index (χ4n) is 1.19. The van der Waals surface area contributed by atoms with Crippen LogP contribution in [0, 0.1) is 11.6 Å². The van der Waals surface area contributed by atoms with Crippen LogP contribution in [-0.2, 0) is 0 Å². The molecule has 0 saturated heterocycles. The van der Waals surface area contributed by atoms with Crippen molar-refractivity contribution in [2.45, 2.75) is 0 Å². The maximum Gasteiger partial charge on any atom is 0.324 e. The lowest BCUT2D eigenvalue weighted by Gasteiger charge is -2.06. The van der Waals surface area contributed by atoms with E-state index in [0.29, 0.717) is 11.9 Å². The largest absolute Gasteiger partial charge is 0.324 e. The first-order chi connectivity index (χ1) is 8.15. The molecule has 2 rings (SSSR count). The van der Waals surface area contributed by atoms with E-state index in [4.69, 9.17) is 0 Å². The van der Waals surface area contributed by atoms with Gasteiger partial charge in [-0.25, -0.2) is 13.6 Å². The summed E-state index contributed by atoms with van der Waals surface area (Å²) < 4.78 is 25.8. The predicted octanol–water partition coefficient (Wildman–Crippen LogP) is 2.33. The molecule has 5 nitrogen and oxygen atoms in total. The number of halogens is 2. The zero-order valence-electron chi connectivity index (χ0n) is 8.50. The van der Waals surface area contributed by atoms with Crippen LogP contribution < -0.4 is 10.6 Å². The Morgan fingerprint density at radius 3 is 2.71 bits per heavy atom. The number of rotatable bonds is 2. The topological polar surface area (TPSA) is 69.8 Å². The van der Waals surface area contributed by atoms with Gasteiger partial charge in [0.1, 0.15) is 17.5 Å². The van der Waals surface area contributed by atoms with Gasteiger partial charge in [0, 0.05) is 12.1 Å². The highest BCUT2D eigenvalue weighted by molar-refractivity contribution is 5.99. The molecule has 88 valence electrons. The summed E-state index contributed by atoms with van der Waals surface area (Å²) in [6.07, 6.45) is 1.45. The lowest BCUT2D eigenvalue weighted by atomic mass is 10.3. The molecular weight excluding hydrogens is 230 g/mol. The summed E-state index contributed by atoms with van der Waals surface area (Å²) in [7, 11) is 0. The second kappa shape index (κ2) is 4.60. The Labute approximate surface area is 94.8 Å². The monoisotopic (exact) mass is 238 g/mol. The van der Waals surface area contributed by atoms with Crippen molar-refractivity contribution in [3.8, 4) is 0 Å². The van der Waals surface area contributed by atoms with Crippen molar-refractivity contribution < 1.29 is 13.6 Å². The average Bonchev–Trinajstić information content (AvgIpc) is 2.75. The molecular formula is C10H8F2N4O. The van der Waals surface area contributed by atoms with Crippen molar-refractivity contribution in [3.05, 3.63) is 42.1 Å². The first-order valence-corrected chi connectivity index (χ1v) is 4.67. The van der Waals surface area contributed by atoms with Crippen molar-refractivity contribution in [2.75, 3.05) is 10.6 Å². The third-order valence-corrected chi connectivity index (χ3v) is 1.93. The van der Waals surface area contributed by atoms with Crippen LogP contribution >= 0.6 is 0 Å². The number of aromatic amines is 1. The van der Waals surface area contributed by atoms with Crippen LogP contribution in [0.1, 0.15) is 0 Å². The lowest BCUT2D eigenvalue weighted by Crippen LogP contribution is -2.20. The van der Waals surface area contributed by atoms with E-state index in [9.17, 15) is 13.6 Å². The van der Waals surface area contributed by atoms with Gasteiger partial charge in [0.15, 0.2) is 0 Å². The highest BCUT2D eigenvalue weighted by Gasteiger charge is 2.08.